The van der Waals surface area contributed by atoms with Crippen molar-refractivity contribution in [2.75, 3.05) is 31.7 Å². The maximum atomic E-state index is 13.4. The Morgan fingerprint density at radius 2 is 1.73 bits per heavy atom. The highest BCUT2D eigenvalue weighted by Gasteiger charge is 2.41. The summed E-state index contributed by atoms with van der Waals surface area (Å²) in [5.74, 6) is 0.577. The lowest BCUT2D eigenvalue weighted by molar-refractivity contribution is -0.125. The van der Waals surface area contributed by atoms with Crippen molar-refractivity contribution in [3.63, 3.8) is 0 Å². The molecule has 1 amide bonds. The van der Waals surface area contributed by atoms with Crippen LogP contribution in [0.1, 0.15) is 36.8 Å². The Morgan fingerprint density at radius 1 is 1.03 bits per heavy atom. The Kier molecular flexibility index (Phi) is 7.08. The van der Waals surface area contributed by atoms with Gasteiger partial charge in [0.1, 0.15) is 5.82 Å². The summed E-state index contributed by atoms with van der Waals surface area (Å²) in [6, 6.07) is 14.4. The second-order valence-corrected chi connectivity index (χ2v) is 9.27. The van der Waals surface area contributed by atoms with Crippen molar-refractivity contribution in [3.05, 3.63) is 65.5 Å². The van der Waals surface area contributed by atoms with E-state index in [-0.39, 0.29) is 11.7 Å². The molecule has 0 saturated carbocycles. The molecule has 0 unspecified atom stereocenters. The second-order valence-electron chi connectivity index (χ2n) is 7.98. The Labute approximate surface area is 181 Å². The fourth-order valence-corrected chi connectivity index (χ4v) is 5.32. The molecule has 4 nitrogen and oxygen atoms in total. The summed E-state index contributed by atoms with van der Waals surface area (Å²) < 4.78 is 24.4. The number of ether oxygens (including phenoxy) is 2. The summed E-state index contributed by atoms with van der Waals surface area (Å²) in [5, 5.41) is 3.77. The van der Waals surface area contributed by atoms with E-state index in [0.717, 1.165) is 43.1 Å². The molecule has 2 aliphatic heterocycles. The third kappa shape index (κ3) is 5.05. The van der Waals surface area contributed by atoms with E-state index in [4.69, 9.17) is 9.47 Å². The van der Waals surface area contributed by atoms with E-state index in [0.29, 0.717) is 31.3 Å². The number of amides is 1. The van der Waals surface area contributed by atoms with Gasteiger partial charge in [-0.15, -0.1) is 0 Å². The van der Waals surface area contributed by atoms with Crippen molar-refractivity contribution in [3.8, 4) is 0 Å². The van der Waals surface area contributed by atoms with Gasteiger partial charge in [0, 0.05) is 43.1 Å². The number of hydrogen-bond donors (Lipinski definition) is 1. The first-order valence-electron chi connectivity index (χ1n) is 10.6. The van der Waals surface area contributed by atoms with Gasteiger partial charge in [-0.05, 0) is 61.1 Å². The van der Waals surface area contributed by atoms with E-state index in [9.17, 15) is 9.18 Å². The molecule has 2 fully saturated rings. The molecule has 1 N–H and O–H groups in total. The quantitative estimate of drug-likeness (QED) is 0.708. The topological polar surface area (TPSA) is 47.6 Å². The van der Waals surface area contributed by atoms with Crippen LogP contribution in [0.4, 0.5) is 10.1 Å². The molecule has 4 rings (SSSR count). The molecule has 2 aromatic rings. The van der Waals surface area contributed by atoms with Crippen molar-refractivity contribution >= 4 is 23.4 Å². The van der Waals surface area contributed by atoms with E-state index >= 15 is 0 Å². The predicted molar refractivity (Wildman–Crippen MR) is 118 cm³/mol. The molecule has 2 aromatic carbocycles. The molecular formula is C24H28FNO3S. The highest BCUT2D eigenvalue weighted by atomic mass is 32.2. The van der Waals surface area contributed by atoms with Gasteiger partial charge in [0.25, 0.3) is 0 Å². The van der Waals surface area contributed by atoms with Crippen LogP contribution in [0.25, 0.3) is 0 Å². The van der Waals surface area contributed by atoms with E-state index in [1.54, 1.807) is 12.1 Å². The number of rotatable bonds is 6. The summed E-state index contributed by atoms with van der Waals surface area (Å²) in [6.07, 6.45) is 3.38. The minimum Gasteiger partial charge on any atom is -0.381 e. The Morgan fingerprint density at radius 3 is 2.47 bits per heavy atom. The summed E-state index contributed by atoms with van der Waals surface area (Å²) in [6.45, 7) is 2.74. The third-order valence-electron chi connectivity index (χ3n) is 6.02. The van der Waals surface area contributed by atoms with Crippen molar-refractivity contribution in [2.45, 2.75) is 42.1 Å². The SMILES string of the molecule is O=C(Nc1cccc(CSC2CCOCC2)c1)C1(c2ccc(F)cc2)CCOCC1. The van der Waals surface area contributed by atoms with E-state index < -0.39 is 5.41 Å². The first-order valence-corrected chi connectivity index (χ1v) is 11.6. The summed E-state index contributed by atoms with van der Waals surface area (Å²) in [5.41, 5.74) is 2.15. The maximum Gasteiger partial charge on any atom is 0.235 e. The van der Waals surface area contributed by atoms with Gasteiger partial charge in [-0.3, -0.25) is 4.79 Å². The minimum absolute atomic E-state index is 0.0494. The standard InChI is InChI=1S/C24H28FNO3S/c25-20-6-4-19(5-7-20)24(10-14-29-15-11-24)23(27)26-21-3-1-2-18(16-21)17-30-22-8-12-28-13-9-22/h1-7,16,22H,8-15,17H2,(H,26,27). The molecule has 2 aliphatic rings. The van der Waals surface area contributed by atoms with Crippen LogP contribution in [0.5, 0.6) is 0 Å². The van der Waals surface area contributed by atoms with E-state index in [1.807, 2.05) is 23.9 Å². The molecule has 2 heterocycles. The number of nitrogens with one attached hydrogen (secondary N) is 1. The molecule has 0 aromatic heterocycles. The average molecular weight is 430 g/mol. The van der Waals surface area contributed by atoms with Crippen LogP contribution in [0, 0.1) is 5.82 Å². The molecule has 0 aliphatic carbocycles. The van der Waals surface area contributed by atoms with Crippen LogP contribution in [0.2, 0.25) is 0 Å². The van der Waals surface area contributed by atoms with Crippen LogP contribution < -0.4 is 5.32 Å². The zero-order valence-corrected chi connectivity index (χ0v) is 17.9. The normalized spacial score (nSPS) is 19.4. The largest absolute Gasteiger partial charge is 0.381 e. The molecule has 0 spiro atoms. The van der Waals surface area contributed by atoms with Gasteiger partial charge < -0.3 is 14.8 Å². The summed E-state index contributed by atoms with van der Waals surface area (Å²) in [7, 11) is 0. The van der Waals surface area contributed by atoms with Gasteiger partial charge in [0.05, 0.1) is 5.41 Å². The molecule has 2 saturated heterocycles. The van der Waals surface area contributed by atoms with Crippen molar-refractivity contribution in [1.82, 2.24) is 0 Å². The first kappa shape index (κ1) is 21.3. The van der Waals surface area contributed by atoms with Crippen LogP contribution in [-0.4, -0.2) is 37.6 Å². The van der Waals surface area contributed by atoms with E-state index in [1.165, 1.54) is 17.7 Å². The van der Waals surface area contributed by atoms with Gasteiger partial charge in [0.15, 0.2) is 0 Å². The third-order valence-corrected chi connectivity index (χ3v) is 7.46. The number of carbonyl (C=O) groups is 1. The molecule has 0 atom stereocenters. The smallest absolute Gasteiger partial charge is 0.235 e. The fourth-order valence-electron chi connectivity index (χ4n) is 4.18. The Hall–Kier alpha value is -1.89. The van der Waals surface area contributed by atoms with Gasteiger partial charge in [-0.1, -0.05) is 24.3 Å². The van der Waals surface area contributed by atoms with Crippen molar-refractivity contribution in [2.24, 2.45) is 0 Å². The summed E-state index contributed by atoms with van der Waals surface area (Å²) >= 11 is 1.96. The maximum absolute atomic E-state index is 13.4. The predicted octanol–water partition coefficient (Wildman–Crippen LogP) is 4.92. The molecule has 6 heteroatoms. The average Bonchev–Trinajstić information content (AvgIpc) is 2.79. The lowest BCUT2D eigenvalue weighted by atomic mass is 9.73. The lowest BCUT2D eigenvalue weighted by Gasteiger charge is -2.36. The van der Waals surface area contributed by atoms with Crippen LogP contribution in [0.15, 0.2) is 48.5 Å². The van der Waals surface area contributed by atoms with Crippen LogP contribution >= 0.6 is 11.8 Å². The minimum atomic E-state index is -0.696. The number of benzene rings is 2. The van der Waals surface area contributed by atoms with Gasteiger partial charge >= 0.3 is 0 Å². The highest BCUT2D eigenvalue weighted by molar-refractivity contribution is 7.99. The number of hydrogen-bond acceptors (Lipinski definition) is 4. The van der Waals surface area contributed by atoms with Crippen LogP contribution in [0.3, 0.4) is 0 Å². The Bertz CT molecular complexity index is 846. The molecular weight excluding hydrogens is 401 g/mol. The Balaban J connectivity index is 1.46. The molecule has 30 heavy (non-hydrogen) atoms. The monoisotopic (exact) mass is 429 g/mol. The van der Waals surface area contributed by atoms with Crippen LogP contribution in [-0.2, 0) is 25.4 Å². The first-order chi connectivity index (χ1) is 14.7. The number of halogens is 1. The highest BCUT2D eigenvalue weighted by Crippen LogP contribution is 2.36. The van der Waals surface area contributed by atoms with Gasteiger partial charge in [0.2, 0.25) is 5.91 Å². The lowest BCUT2D eigenvalue weighted by Crippen LogP contribution is -2.44. The molecule has 0 bridgehead atoms. The number of carbonyl (C=O) groups excluding carboxylic acids is 1. The van der Waals surface area contributed by atoms with Gasteiger partial charge in [-0.2, -0.15) is 11.8 Å². The molecule has 160 valence electrons. The number of thioether (sulfide) groups is 1. The fraction of sp³-hybridized carbons (Fsp3) is 0.458. The zero-order valence-electron chi connectivity index (χ0n) is 17.1. The molecule has 0 radical (unpaired) electrons. The van der Waals surface area contributed by atoms with Crippen molar-refractivity contribution in [1.29, 1.82) is 0 Å². The van der Waals surface area contributed by atoms with Crippen molar-refractivity contribution < 1.29 is 18.7 Å². The summed E-state index contributed by atoms with van der Waals surface area (Å²) in [4.78, 5) is 13.4. The second kappa shape index (κ2) is 9.94. The zero-order chi connectivity index (χ0) is 20.8. The van der Waals surface area contributed by atoms with Gasteiger partial charge in [-0.25, -0.2) is 4.39 Å². The number of anilines is 1. The van der Waals surface area contributed by atoms with E-state index in [2.05, 4.69) is 17.4 Å².